The van der Waals surface area contributed by atoms with Crippen molar-refractivity contribution in [2.24, 2.45) is 5.92 Å². The maximum Gasteiger partial charge on any atom is 0.300 e. The van der Waals surface area contributed by atoms with E-state index in [-0.39, 0.29) is 11.3 Å². The monoisotopic (exact) mass is 519 g/mol. The maximum absolute atomic E-state index is 13.4. The van der Waals surface area contributed by atoms with Crippen molar-refractivity contribution in [3.8, 4) is 11.5 Å². The third kappa shape index (κ3) is 5.49. The number of halogens is 1. The van der Waals surface area contributed by atoms with E-state index in [4.69, 9.17) is 21.1 Å². The molecule has 6 nitrogen and oxygen atoms in total. The minimum atomic E-state index is -0.839. The van der Waals surface area contributed by atoms with Crippen LogP contribution in [0.5, 0.6) is 11.5 Å². The molecule has 1 aliphatic heterocycles. The van der Waals surface area contributed by atoms with Gasteiger partial charge in [0, 0.05) is 16.3 Å². The van der Waals surface area contributed by atoms with E-state index >= 15 is 0 Å². The number of carbonyl (C=O) groups excluding carboxylic acids is 2. The van der Waals surface area contributed by atoms with Gasteiger partial charge in [0.2, 0.25) is 0 Å². The van der Waals surface area contributed by atoms with Gasteiger partial charge in [0.25, 0.3) is 11.7 Å². The Morgan fingerprint density at radius 3 is 2.27 bits per heavy atom. The lowest BCUT2D eigenvalue weighted by Crippen LogP contribution is -2.29. The summed E-state index contributed by atoms with van der Waals surface area (Å²) in [5, 5.41) is 11.9. The van der Waals surface area contributed by atoms with E-state index < -0.39 is 17.7 Å². The van der Waals surface area contributed by atoms with Crippen molar-refractivity contribution in [3.63, 3.8) is 0 Å². The summed E-state index contributed by atoms with van der Waals surface area (Å²) in [5.74, 6) is 0.00961. The number of aliphatic hydroxyl groups excluding tert-OH is 1. The second-order valence-corrected chi connectivity index (χ2v) is 9.77. The molecule has 192 valence electrons. The van der Waals surface area contributed by atoms with E-state index in [0.717, 1.165) is 5.56 Å². The molecule has 37 heavy (non-hydrogen) atoms. The fourth-order valence-electron chi connectivity index (χ4n) is 4.30. The molecule has 0 radical (unpaired) electrons. The van der Waals surface area contributed by atoms with Crippen molar-refractivity contribution in [1.82, 2.24) is 0 Å². The Hall–Kier alpha value is -3.77. The van der Waals surface area contributed by atoms with Crippen LogP contribution in [0.15, 0.2) is 72.3 Å². The van der Waals surface area contributed by atoms with E-state index in [1.165, 1.54) is 4.90 Å². The standard InChI is InChI=1S/C30H30ClNO5/c1-5-36-24-13-6-20(7-14-24)27-26(29(34)30(35)32(27)23-11-9-22(31)10-12-23)28(33)21-8-15-25(19(4)16-21)37-17-18(2)3/h6-16,18,27,33H,5,17H2,1-4H3/b28-26-. The van der Waals surface area contributed by atoms with Crippen LogP contribution in [0.4, 0.5) is 5.69 Å². The number of Topliss-reactive ketones (excluding diaryl/α,β-unsaturated/α-hetero) is 1. The molecule has 3 aromatic rings. The topological polar surface area (TPSA) is 76.1 Å². The first-order valence-electron chi connectivity index (χ1n) is 12.2. The lowest BCUT2D eigenvalue weighted by molar-refractivity contribution is -0.132. The number of aryl methyl sites for hydroxylation is 1. The van der Waals surface area contributed by atoms with Gasteiger partial charge in [0.1, 0.15) is 17.3 Å². The lowest BCUT2D eigenvalue weighted by atomic mass is 9.94. The average molecular weight is 520 g/mol. The summed E-state index contributed by atoms with van der Waals surface area (Å²) in [6.07, 6.45) is 0. The van der Waals surface area contributed by atoms with E-state index in [1.807, 2.05) is 13.8 Å². The van der Waals surface area contributed by atoms with Crippen molar-refractivity contribution in [1.29, 1.82) is 0 Å². The van der Waals surface area contributed by atoms with Gasteiger partial charge < -0.3 is 14.6 Å². The number of aliphatic hydroxyl groups is 1. The predicted molar refractivity (Wildman–Crippen MR) is 145 cm³/mol. The Kier molecular flexibility index (Phi) is 7.89. The molecule has 1 atom stereocenters. The number of rotatable bonds is 8. The summed E-state index contributed by atoms with van der Waals surface area (Å²) < 4.78 is 11.4. The van der Waals surface area contributed by atoms with Gasteiger partial charge in [-0.2, -0.15) is 0 Å². The molecule has 3 aromatic carbocycles. The molecule has 1 aliphatic rings. The van der Waals surface area contributed by atoms with Crippen LogP contribution < -0.4 is 14.4 Å². The Bertz CT molecular complexity index is 1330. The molecule has 0 bridgehead atoms. The van der Waals surface area contributed by atoms with Crippen molar-refractivity contribution in [2.45, 2.75) is 33.7 Å². The van der Waals surface area contributed by atoms with Crippen molar-refractivity contribution in [2.75, 3.05) is 18.1 Å². The highest BCUT2D eigenvalue weighted by Crippen LogP contribution is 2.43. The Labute approximate surface area is 222 Å². The Balaban J connectivity index is 1.83. The molecule has 7 heteroatoms. The summed E-state index contributed by atoms with van der Waals surface area (Å²) in [6.45, 7) is 8.98. The molecule has 1 saturated heterocycles. The first-order valence-corrected chi connectivity index (χ1v) is 12.6. The van der Waals surface area contributed by atoms with Crippen molar-refractivity contribution >= 4 is 34.7 Å². The molecule has 1 amide bonds. The first kappa shape index (κ1) is 26.3. The first-order chi connectivity index (χ1) is 17.7. The Morgan fingerprint density at radius 1 is 1.00 bits per heavy atom. The summed E-state index contributed by atoms with van der Waals surface area (Å²) in [7, 11) is 0. The van der Waals surface area contributed by atoms with Crippen molar-refractivity contribution in [3.05, 3.63) is 94.0 Å². The van der Waals surface area contributed by atoms with Crippen LogP contribution in [0.25, 0.3) is 5.76 Å². The van der Waals surface area contributed by atoms with Crippen LogP contribution in [-0.2, 0) is 9.59 Å². The van der Waals surface area contributed by atoms with Gasteiger partial charge >= 0.3 is 0 Å². The van der Waals surface area contributed by atoms with Crippen LogP contribution in [0.2, 0.25) is 5.02 Å². The highest BCUT2D eigenvalue weighted by atomic mass is 35.5. The van der Waals surface area contributed by atoms with E-state index in [1.54, 1.807) is 66.7 Å². The molecule has 4 rings (SSSR count). The van der Waals surface area contributed by atoms with Crippen LogP contribution in [0, 0.1) is 12.8 Å². The second kappa shape index (κ2) is 11.1. The molecule has 0 saturated carbocycles. The number of ether oxygens (including phenoxy) is 2. The van der Waals surface area contributed by atoms with Crippen LogP contribution in [0.1, 0.15) is 43.5 Å². The third-order valence-electron chi connectivity index (χ3n) is 6.08. The third-order valence-corrected chi connectivity index (χ3v) is 6.33. The minimum absolute atomic E-state index is 0.0133. The fourth-order valence-corrected chi connectivity index (χ4v) is 4.43. The summed E-state index contributed by atoms with van der Waals surface area (Å²) in [4.78, 5) is 28.1. The normalized spacial score (nSPS) is 16.9. The van der Waals surface area contributed by atoms with E-state index in [9.17, 15) is 14.7 Å². The highest BCUT2D eigenvalue weighted by Gasteiger charge is 2.47. The predicted octanol–water partition coefficient (Wildman–Crippen LogP) is 6.71. The highest BCUT2D eigenvalue weighted by molar-refractivity contribution is 6.51. The fraction of sp³-hybridized carbons (Fsp3) is 0.267. The van der Waals surface area contributed by atoms with Crippen molar-refractivity contribution < 1.29 is 24.2 Å². The second-order valence-electron chi connectivity index (χ2n) is 9.33. The van der Waals surface area contributed by atoms with Gasteiger partial charge in [-0.15, -0.1) is 0 Å². The zero-order valence-electron chi connectivity index (χ0n) is 21.3. The number of hydrogen-bond donors (Lipinski definition) is 1. The average Bonchev–Trinajstić information content (AvgIpc) is 3.14. The van der Waals surface area contributed by atoms with Gasteiger partial charge in [-0.3, -0.25) is 14.5 Å². The smallest absolute Gasteiger partial charge is 0.300 e. The molecule has 1 N–H and O–H groups in total. The summed E-state index contributed by atoms with van der Waals surface area (Å²) >= 11 is 6.07. The number of ketones is 1. The Morgan fingerprint density at radius 2 is 1.68 bits per heavy atom. The number of nitrogens with zero attached hydrogens (tertiary/aromatic N) is 1. The summed E-state index contributed by atoms with van der Waals surface area (Å²) in [5.41, 5.74) is 2.42. The SMILES string of the molecule is CCOc1ccc(C2/C(=C(/O)c3ccc(OCC(C)C)c(C)c3)C(=O)C(=O)N2c2ccc(Cl)cc2)cc1. The van der Waals surface area contributed by atoms with Gasteiger partial charge in [-0.25, -0.2) is 0 Å². The quantitative estimate of drug-likeness (QED) is 0.203. The number of amides is 1. The molecule has 1 fully saturated rings. The van der Waals surface area contributed by atoms with E-state index in [2.05, 4.69) is 13.8 Å². The van der Waals surface area contributed by atoms with Gasteiger partial charge in [0.05, 0.1) is 24.8 Å². The zero-order valence-corrected chi connectivity index (χ0v) is 22.1. The van der Waals surface area contributed by atoms with Gasteiger partial charge in [0.15, 0.2) is 0 Å². The zero-order chi connectivity index (χ0) is 26.7. The lowest BCUT2D eigenvalue weighted by Gasteiger charge is -2.25. The number of hydrogen-bond acceptors (Lipinski definition) is 5. The summed E-state index contributed by atoms with van der Waals surface area (Å²) in [6, 6.07) is 18.2. The molecular weight excluding hydrogens is 490 g/mol. The number of carbonyl (C=O) groups is 2. The van der Waals surface area contributed by atoms with Crippen LogP contribution in [0.3, 0.4) is 0 Å². The number of benzene rings is 3. The molecule has 0 spiro atoms. The number of anilines is 1. The molecule has 1 unspecified atom stereocenters. The van der Waals surface area contributed by atoms with Gasteiger partial charge in [-0.05, 0) is 85.5 Å². The minimum Gasteiger partial charge on any atom is -0.507 e. The largest absolute Gasteiger partial charge is 0.507 e. The van der Waals surface area contributed by atoms with E-state index in [0.29, 0.717) is 52.5 Å². The van der Waals surface area contributed by atoms with Gasteiger partial charge in [-0.1, -0.05) is 37.6 Å². The molecule has 0 aliphatic carbocycles. The van der Waals surface area contributed by atoms with Crippen LogP contribution in [-0.4, -0.2) is 30.0 Å². The molecule has 1 heterocycles. The molecule has 0 aromatic heterocycles. The maximum atomic E-state index is 13.4. The van der Waals surface area contributed by atoms with Crippen LogP contribution >= 0.6 is 11.6 Å². The molecular formula is C30H30ClNO5.